The average molecular weight is 162 g/mol. The Labute approximate surface area is 70.0 Å². The van der Waals surface area contributed by atoms with Gasteiger partial charge in [0, 0.05) is 18.3 Å². The minimum atomic E-state index is 0.527. The van der Waals surface area contributed by atoms with Gasteiger partial charge in [-0.3, -0.25) is 0 Å². The SMILES string of the molecule is Cc1nn2cnccc2c1CN. The Morgan fingerprint density at radius 1 is 1.58 bits per heavy atom. The summed E-state index contributed by atoms with van der Waals surface area (Å²) in [6.07, 6.45) is 3.43. The lowest BCUT2D eigenvalue weighted by Crippen LogP contribution is -1.97. The van der Waals surface area contributed by atoms with Crippen LogP contribution in [-0.2, 0) is 6.54 Å². The molecule has 0 spiro atoms. The molecule has 2 N–H and O–H groups in total. The molecule has 0 aliphatic rings. The lowest BCUT2D eigenvalue weighted by atomic mass is 10.2. The van der Waals surface area contributed by atoms with E-state index in [1.54, 1.807) is 17.0 Å². The van der Waals surface area contributed by atoms with Crippen molar-refractivity contribution in [1.82, 2.24) is 14.6 Å². The Balaban J connectivity index is 2.81. The minimum absolute atomic E-state index is 0.527. The van der Waals surface area contributed by atoms with Crippen LogP contribution in [0, 0.1) is 6.92 Å². The van der Waals surface area contributed by atoms with E-state index in [-0.39, 0.29) is 0 Å². The van der Waals surface area contributed by atoms with Crippen LogP contribution in [0.1, 0.15) is 11.3 Å². The Hall–Kier alpha value is -1.42. The van der Waals surface area contributed by atoms with Crippen LogP contribution in [0.3, 0.4) is 0 Å². The Morgan fingerprint density at radius 2 is 2.42 bits per heavy atom. The molecule has 2 heterocycles. The van der Waals surface area contributed by atoms with Gasteiger partial charge in [-0.05, 0) is 13.0 Å². The molecular weight excluding hydrogens is 152 g/mol. The summed E-state index contributed by atoms with van der Waals surface area (Å²) in [6, 6.07) is 1.92. The molecule has 0 aliphatic carbocycles. The third kappa shape index (κ3) is 0.887. The highest BCUT2D eigenvalue weighted by atomic mass is 15.2. The van der Waals surface area contributed by atoms with Crippen molar-refractivity contribution in [3.8, 4) is 0 Å². The van der Waals surface area contributed by atoms with Crippen LogP contribution in [0.2, 0.25) is 0 Å². The molecule has 4 nitrogen and oxygen atoms in total. The number of aryl methyl sites for hydroxylation is 1. The highest BCUT2D eigenvalue weighted by molar-refractivity contribution is 5.55. The van der Waals surface area contributed by atoms with E-state index >= 15 is 0 Å². The van der Waals surface area contributed by atoms with Crippen molar-refractivity contribution in [2.24, 2.45) is 5.73 Å². The van der Waals surface area contributed by atoms with E-state index < -0.39 is 0 Å². The van der Waals surface area contributed by atoms with Gasteiger partial charge in [0.25, 0.3) is 0 Å². The van der Waals surface area contributed by atoms with E-state index in [0.29, 0.717) is 6.54 Å². The van der Waals surface area contributed by atoms with Gasteiger partial charge in [-0.15, -0.1) is 0 Å². The maximum absolute atomic E-state index is 5.59. The van der Waals surface area contributed by atoms with Crippen LogP contribution < -0.4 is 5.73 Å². The first-order valence-electron chi connectivity index (χ1n) is 3.81. The topological polar surface area (TPSA) is 56.2 Å². The summed E-state index contributed by atoms with van der Waals surface area (Å²) in [7, 11) is 0. The van der Waals surface area contributed by atoms with E-state index in [1.807, 2.05) is 13.0 Å². The standard InChI is InChI=1S/C8H10N4/c1-6-7(4-9)8-2-3-10-5-12(8)11-6/h2-3,5H,4,9H2,1H3. The molecule has 0 aromatic carbocycles. The largest absolute Gasteiger partial charge is 0.326 e. The molecule has 12 heavy (non-hydrogen) atoms. The van der Waals surface area contributed by atoms with Crippen LogP contribution in [0.5, 0.6) is 0 Å². The van der Waals surface area contributed by atoms with Crippen molar-refractivity contribution >= 4 is 5.52 Å². The van der Waals surface area contributed by atoms with Gasteiger partial charge in [0.2, 0.25) is 0 Å². The molecule has 0 saturated carbocycles. The van der Waals surface area contributed by atoms with Crippen molar-refractivity contribution in [2.75, 3.05) is 0 Å². The van der Waals surface area contributed by atoms with Crippen molar-refractivity contribution < 1.29 is 0 Å². The van der Waals surface area contributed by atoms with Crippen molar-refractivity contribution in [2.45, 2.75) is 13.5 Å². The predicted molar refractivity (Wildman–Crippen MR) is 45.6 cm³/mol. The lowest BCUT2D eigenvalue weighted by Gasteiger charge is -1.92. The molecule has 0 radical (unpaired) electrons. The van der Waals surface area contributed by atoms with Gasteiger partial charge in [-0.2, -0.15) is 5.10 Å². The molecule has 0 aliphatic heterocycles. The van der Waals surface area contributed by atoms with Crippen LogP contribution >= 0.6 is 0 Å². The minimum Gasteiger partial charge on any atom is -0.326 e. The first-order chi connectivity index (χ1) is 5.83. The third-order valence-corrected chi connectivity index (χ3v) is 1.95. The summed E-state index contributed by atoms with van der Waals surface area (Å²) in [5, 5.41) is 4.26. The quantitative estimate of drug-likeness (QED) is 0.664. The van der Waals surface area contributed by atoms with Crippen LogP contribution in [-0.4, -0.2) is 14.6 Å². The second kappa shape index (κ2) is 2.57. The first kappa shape index (κ1) is 7.24. The summed E-state index contributed by atoms with van der Waals surface area (Å²) in [5.74, 6) is 0. The number of nitrogens with two attached hydrogens (primary N) is 1. The van der Waals surface area contributed by atoms with Crippen molar-refractivity contribution in [3.63, 3.8) is 0 Å². The van der Waals surface area contributed by atoms with Gasteiger partial charge in [-0.25, -0.2) is 9.50 Å². The van der Waals surface area contributed by atoms with Crippen LogP contribution in [0.25, 0.3) is 5.52 Å². The molecule has 2 aromatic heterocycles. The number of hydrogen-bond donors (Lipinski definition) is 1. The molecule has 2 rings (SSSR count). The van der Waals surface area contributed by atoms with Gasteiger partial charge in [0.05, 0.1) is 11.2 Å². The fraction of sp³-hybridized carbons (Fsp3) is 0.250. The average Bonchev–Trinajstić information content (AvgIpc) is 2.40. The fourth-order valence-electron chi connectivity index (χ4n) is 1.33. The summed E-state index contributed by atoms with van der Waals surface area (Å²) in [5.41, 5.74) is 8.71. The highest BCUT2D eigenvalue weighted by Crippen LogP contribution is 2.12. The second-order valence-corrected chi connectivity index (χ2v) is 2.68. The molecule has 0 bridgehead atoms. The molecule has 0 saturated heterocycles. The van der Waals surface area contributed by atoms with Crippen molar-refractivity contribution in [3.05, 3.63) is 29.8 Å². The van der Waals surface area contributed by atoms with Gasteiger partial charge < -0.3 is 5.73 Å². The van der Waals surface area contributed by atoms with Crippen LogP contribution in [0.15, 0.2) is 18.6 Å². The third-order valence-electron chi connectivity index (χ3n) is 1.95. The normalized spacial score (nSPS) is 10.8. The van der Waals surface area contributed by atoms with E-state index in [9.17, 15) is 0 Å². The molecule has 0 amide bonds. The molecule has 0 atom stereocenters. The zero-order valence-corrected chi connectivity index (χ0v) is 6.86. The van der Waals surface area contributed by atoms with E-state index in [0.717, 1.165) is 16.8 Å². The van der Waals surface area contributed by atoms with E-state index in [2.05, 4.69) is 10.1 Å². The number of aromatic nitrogens is 3. The molecule has 62 valence electrons. The Bertz CT molecular complexity index is 404. The maximum atomic E-state index is 5.59. The molecule has 2 aromatic rings. The zero-order chi connectivity index (χ0) is 8.55. The number of hydrogen-bond acceptors (Lipinski definition) is 3. The van der Waals surface area contributed by atoms with E-state index in [4.69, 9.17) is 5.73 Å². The molecule has 0 unspecified atom stereocenters. The maximum Gasteiger partial charge on any atom is 0.117 e. The fourth-order valence-corrected chi connectivity index (χ4v) is 1.33. The lowest BCUT2D eigenvalue weighted by molar-refractivity contribution is 0.900. The molecule has 0 fully saturated rings. The monoisotopic (exact) mass is 162 g/mol. The van der Waals surface area contributed by atoms with Gasteiger partial charge in [-0.1, -0.05) is 0 Å². The van der Waals surface area contributed by atoms with Crippen LogP contribution in [0.4, 0.5) is 0 Å². The van der Waals surface area contributed by atoms with Crippen molar-refractivity contribution in [1.29, 1.82) is 0 Å². The Kier molecular flexibility index (Phi) is 1.55. The summed E-state index contributed by atoms with van der Waals surface area (Å²) < 4.78 is 1.75. The summed E-state index contributed by atoms with van der Waals surface area (Å²) in [4.78, 5) is 3.96. The summed E-state index contributed by atoms with van der Waals surface area (Å²) >= 11 is 0. The van der Waals surface area contributed by atoms with Gasteiger partial charge in [0.1, 0.15) is 6.33 Å². The number of fused-ring (bicyclic) bond motifs is 1. The van der Waals surface area contributed by atoms with Gasteiger partial charge >= 0.3 is 0 Å². The number of rotatable bonds is 1. The summed E-state index contributed by atoms with van der Waals surface area (Å²) in [6.45, 7) is 2.48. The van der Waals surface area contributed by atoms with Gasteiger partial charge in [0.15, 0.2) is 0 Å². The van der Waals surface area contributed by atoms with E-state index in [1.165, 1.54) is 0 Å². The smallest absolute Gasteiger partial charge is 0.117 e. The zero-order valence-electron chi connectivity index (χ0n) is 6.86. The predicted octanol–water partition coefficient (Wildman–Crippen LogP) is 0.496. The first-order valence-corrected chi connectivity index (χ1v) is 3.81. The molecule has 4 heteroatoms. The number of nitrogens with zero attached hydrogens (tertiary/aromatic N) is 3. The second-order valence-electron chi connectivity index (χ2n) is 2.68. The Morgan fingerprint density at radius 3 is 3.17 bits per heavy atom. The highest BCUT2D eigenvalue weighted by Gasteiger charge is 2.05. The molecular formula is C8H10N4.